The lowest BCUT2D eigenvalue weighted by Crippen LogP contribution is -2.57. The largest absolute Gasteiger partial charge is 0.394 e. The van der Waals surface area contributed by atoms with Gasteiger partial charge in [0.15, 0.2) is 0 Å². The van der Waals surface area contributed by atoms with Crippen molar-refractivity contribution in [1.82, 2.24) is 4.90 Å². The lowest BCUT2D eigenvalue weighted by Gasteiger charge is -2.40. The van der Waals surface area contributed by atoms with Crippen molar-refractivity contribution in [3.8, 4) is 0 Å². The molecule has 1 fully saturated rings. The summed E-state index contributed by atoms with van der Waals surface area (Å²) in [6, 6.07) is 0. The molecule has 0 aromatic rings. The molecule has 8 heteroatoms. The average Bonchev–Trinajstić information content (AvgIpc) is 2.40. The second kappa shape index (κ2) is 7.72. The first-order valence-electron chi connectivity index (χ1n) is 6.22. The van der Waals surface area contributed by atoms with Crippen molar-refractivity contribution >= 4 is 28.3 Å². The van der Waals surface area contributed by atoms with Gasteiger partial charge in [-0.15, -0.1) is 0 Å². The number of ether oxygens (including phenoxy) is 1. The molecule has 1 aliphatic rings. The molecular formula is C11H21NO5S2. The summed E-state index contributed by atoms with van der Waals surface area (Å²) < 4.78 is 5.93. The van der Waals surface area contributed by atoms with Crippen LogP contribution in [-0.2, 0) is 4.74 Å². The Hall–Kier alpha value is 0.0400. The molecular weight excluding hydrogens is 290 g/mol. The van der Waals surface area contributed by atoms with E-state index < -0.39 is 36.5 Å². The highest BCUT2D eigenvalue weighted by molar-refractivity contribution is 8.23. The zero-order valence-electron chi connectivity index (χ0n) is 11.0. The third kappa shape index (κ3) is 4.01. The maximum atomic E-state index is 9.88. The fourth-order valence-corrected chi connectivity index (χ4v) is 3.47. The number of aliphatic hydroxyl groups excluding tert-OH is 4. The van der Waals surface area contributed by atoms with Crippen molar-refractivity contribution in [1.29, 1.82) is 0 Å². The molecule has 0 saturated carbocycles. The predicted molar refractivity (Wildman–Crippen MR) is 76.9 cm³/mol. The highest BCUT2D eigenvalue weighted by Gasteiger charge is 2.44. The van der Waals surface area contributed by atoms with Crippen LogP contribution in [0, 0.1) is 0 Å². The Morgan fingerprint density at radius 1 is 1.16 bits per heavy atom. The minimum Gasteiger partial charge on any atom is -0.394 e. The summed E-state index contributed by atoms with van der Waals surface area (Å²) in [6.07, 6.45) is -4.84. The number of nitrogens with zero attached hydrogens (tertiary/aromatic N) is 1. The second-order valence-electron chi connectivity index (χ2n) is 4.25. The summed E-state index contributed by atoms with van der Waals surface area (Å²) in [6.45, 7) is 4.97. The zero-order chi connectivity index (χ0) is 14.6. The van der Waals surface area contributed by atoms with E-state index in [0.29, 0.717) is 4.32 Å². The van der Waals surface area contributed by atoms with Gasteiger partial charge in [0.05, 0.1) is 6.61 Å². The van der Waals surface area contributed by atoms with Crippen molar-refractivity contribution in [3.05, 3.63) is 0 Å². The van der Waals surface area contributed by atoms with Crippen LogP contribution in [0.1, 0.15) is 13.8 Å². The number of hydrogen-bond donors (Lipinski definition) is 4. The van der Waals surface area contributed by atoms with Gasteiger partial charge in [-0.1, -0.05) is 24.0 Å². The van der Waals surface area contributed by atoms with E-state index in [1.807, 2.05) is 18.7 Å². The summed E-state index contributed by atoms with van der Waals surface area (Å²) in [5, 5.41) is 38.3. The molecule has 112 valence electrons. The van der Waals surface area contributed by atoms with Crippen molar-refractivity contribution in [2.45, 2.75) is 43.7 Å². The number of thiocarbonyl (C=S) groups is 1. The lowest BCUT2D eigenvalue weighted by atomic mass is 10.0. The summed E-state index contributed by atoms with van der Waals surface area (Å²) in [4.78, 5) is 1.92. The van der Waals surface area contributed by atoms with Crippen LogP contribution in [0.4, 0.5) is 0 Å². The SMILES string of the molecule is CCN(CC)C(=S)S[C@@H]1O[C@H](CO)[C@@H](O)[C@H](O)[C@H]1O. The normalized spacial score (nSPS) is 35.2. The van der Waals surface area contributed by atoms with Gasteiger partial charge in [0, 0.05) is 13.1 Å². The number of aliphatic hydroxyl groups is 4. The van der Waals surface area contributed by atoms with Gasteiger partial charge in [-0.3, -0.25) is 0 Å². The molecule has 0 radical (unpaired) electrons. The van der Waals surface area contributed by atoms with Gasteiger partial charge in [-0.05, 0) is 13.8 Å². The van der Waals surface area contributed by atoms with E-state index in [4.69, 9.17) is 22.1 Å². The van der Waals surface area contributed by atoms with Crippen LogP contribution in [0.3, 0.4) is 0 Å². The molecule has 0 aromatic heterocycles. The molecule has 0 unspecified atom stereocenters. The Morgan fingerprint density at radius 3 is 2.21 bits per heavy atom. The zero-order valence-corrected chi connectivity index (χ0v) is 12.6. The van der Waals surface area contributed by atoms with Gasteiger partial charge in [0.2, 0.25) is 0 Å². The van der Waals surface area contributed by atoms with Gasteiger partial charge >= 0.3 is 0 Å². The van der Waals surface area contributed by atoms with E-state index in [1.54, 1.807) is 0 Å². The number of thioether (sulfide) groups is 1. The molecule has 0 spiro atoms. The summed E-state index contributed by atoms with van der Waals surface area (Å²) >= 11 is 6.36. The van der Waals surface area contributed by atoms with Crippen LogP contribution in [-0.4, -0.2) is 79.2 Å². The van der Waals surface area contributed by atoms with Gasteiger partial charge in [0.25, 0.3) is 0 Å². The fourth-order valence-electron chi connectivity index (χ4n) is 1.82. The molecule has 1 rings (SSSR count). The van der Waals surface area contributed by atoms with Crippen molar-refractivity contribution in [2.75, 3.05) is 19.7 Å². The lowest BCUT2D eigenvalue weighted by molar-refractivity contribution is -0.205. The molecule has 0 amide bonds. The molecule has 0 aliphatic carbocycles. The molecule has 1 aliphatic heterocycles. The Morgan fingerprint density at radius 2 is 1.74 bits per heavy atom. The number of rotatable bonds is 4. The van der Waals surface area contributed by atoms with E-state index in [-0.39, 0.29) is 0 Å². The second-order valence-corrected chi connectivity index (χ2v) is 5.99. The third-order valence-corrected chi connectivity index (χ3v) is 4.72. The van der Waals surface area contributed by atoms with Crippen molar-refractivity contribution < 1.29 is 25.2 Å². The Kier molecular flexibility index (Phi) is 6.95. The van der Waals surface area contributed by atoms with E-state index in [2.05, 4.69) is 0 Å². The molecule has 4 N–H and O–H groups in total. The smallest absolute Gasteiger partial charge is 0.139 e. The van der Waals surface area contributed by atoms with E-state index in [1.165, 1.54) is 0 Å². The summed E-state index contributed by atoms with van der Waals surface area (Å²) in [5.41, 5.74) is -0.802. The topological polar surface area (TPSA) is 93.4 Å². The third-order valence-electron chi connectivity index (χ3n) is 3.09. The first-order chi connectivity index (χ1) is 8.96. The molecule has 0 aromatic carbocycles. The van der Waals surface area contributed by atoms with Gasteiger partial charge in [-0.25, -0.2) is 0 Å². The molecule has 0 bridgehead atoms. The van der Waals surface area contributed by atoms with Crippen LogP contribution < -0.4 is 0 Å². The average molecular weight is 311 g/mol. The first-order valence-corrected chi connectivity index (χ1v) is 7.51. The highest BCUT2D eigenvalue weighted by Crippen LogP contribution is 2.30. The van der Waals surface area contributed by atoms with Crippen LogP contribution in [0.15, 0.2) is 0 Å². The molecule has 1 saturated heterocycles. The maximum Gasteiger partial charge on any atom is 0.139 e. The molecule has 5 atom stereocenters. The van der Waals surface area contributed by atoms with Gasteiger partial charge in [-0.2, -0.15) is 0 Å². The quantitative estimate of drug-likeness (QED) is 0.499. The van der Waals surface area contributed by atoms with Gasteiger partial charge < -0.3 is 30.1 Å². The Bertz CT molecular complexity index is 301. The van der Waals surface area contributed by atoms with Gasteiger partial charge in [0.1, 0.15) is 34.2 Å². The van der Waals surface area contributed by atoms with Crippen molar-refractivity contribution in [2.24, 2.45) is 0 Å². The Balaban J connectivity index is 2.69. The first kappa shape index (κ1) is 17.1. The Labute approximate surface area is 122 Å². The minimum atomic E-state index is -1.36. The molecule has 19 heavy (non-hydrogen) atoms. The van der Waals surface area contributed by atoms with E-state index in [0.717, 1.165) is 24.9 Å². The molecule has 6 nitrogen and oxygen atoms in total. The maximum absolute atomic E-state index is 9.88. The van der Waals surface area contributed by atoms with Crippen LogP contribution in [0.25, 0.3) is 0 Å². The summed E-state index contributed by atoms with van der Waals surface area (Å²) in [5.74, 6) is 0. The van der Waals surface area contributed by atoms with Crippen LogP contribution in [0.2, 0.25) is 0 Å². The van der Waals surface area contributed by atoms with E-state index in [9.17, 15) is 15.3 Å². The fraction of sp³-hybridized carbons (Fsp3) is 0.909. The molecule has 1 heterocycles. The van der Waals surface area contributed by atoms with Crippen LogP contribution in [0.5, 0.6) is 0 Å². The van der Waals surface area contributed by atoms with E-state index >= 15 is 0 Å². The van der Waals surface area contributed by atoms with Crippen molar-refractivity contribution in [3.63, 3.8) is 0 Å². The van der Waals surface area contributed by atoms with Crippen LogP contribution >= 0.6 is 24.0 Å². The summed E-state index contributed by atoms with van der Waals surface area (Å²) in [7, 11) is 0. The predicted octanol–water partition coefficient (Wildman–Crippen LogP) is -0.854. The number of hydrogen-bond acceptors (Lipinski definition) is 7. The minimum absolute atomic E-state index is 0.431. The highest BCUT2D eigenvalue weighted by atomic mass is 32.2. The standard InChI is InChI=1S/C11H21NO5S2/c1-3-12(4-2)11(18)19-10-9(16)8(15)7(14)6(5-13)17-10/h6-10,13-16H,3-5H2,1-2H3/t6-,7-,8+,9-,10+/m1/s1. The monoisotopic (exact) mass is 311 g/mol.